The van der Waals surface area contributed by atoms with E-state index >= 15 is 0 Å². The fourth-order valence-corrected chi connectivity index (χ4v) is 3.09. The third kappa shape index (κ3) is 3.29. The molecule has 114 valence electrons. The van der Waals surface area contributed by atoms with Gasteiger partial charge in [0.05, 0.1) is 11.6 Å². The summed E-state index contributed by atoms with van der Waals surface area (Å²) in [5, 5.41) is 13.9. The third-order valence-corrected chi connectivity index (χ3v) is 4.24. The molecule has 5 nitrogen and oxygen atoms in total. The molecule has 1 unspecified atom stereocenters. The van der Waals surface area contributed by atoms with Crippen LogP contribution in [0.25, 0.3) is 0 Å². The Morgan fingerprint density at radius 3 is 3.09 bits per heavy atom. The van der Waals surface area contributed by atoms with Gasteiger partial charge in [0.25, 0.3) is 0 Å². The Kier molecular flexibility index (Phi) is 4.41. The maximum Gasteiger partial charge on any atom is 0.223 e. The Morgan fingerprint density at radius 1 is 1.50 bits per heavy atom. The minimum atomic E-state index is 0.295. The first-order valence-electron chi connectivity index (χ1n) is 7.37. The van der Waals surface area contributed by atoms with Crippen molar-refractivity contribution in [3.63, 3.8) is 0 Å². The first kappa shape index (κ1) is 15.0. The van der Waals surface area contributed by atoms with Crippen molar-refractivity contribution in [2.24, 2.45) is 0 Å². The molecule has 6 heteroatoms. The van der Waals surface area contributed by atoms with Crippen LogP contribution in [0.4, 0.5) is 0 Å². The van der Waals surface area contributed by atoms with Gasteiger partial charge in [-0.15, -0.1) is 0 Å². The summed E-state index contributed by atoms with van der Waals surface area (Å²) in [4.78, 5) is 6.68. The van der Waals surface area contributed by atoms with E-state index in [1.165, 1.54) is 0 Å². The lowest BCUT2D eigenvalue weighted by molar-refractivity contribution is 0.194. The average Bonchev–Trinajstić information content (AvgIpc) is 2.96. The Labute approximate surface area is 134 Å². The molecule has 2 aromatic rings. The number of likely N-dealkylation sites (tertiary alicyclic amines) is 1. The van der Waals surface area contributed by atoms with Crippen LogP contribution in [0.1, 0.15) is 41.6 Å². The monoisotopic (exact) mass is 316 g/mol. The summed E-state index contributed by atoms with van der Waals surface area (Å²) < 4.78 is 5.08. The quantitative estimate of drug-likeness (QED) is 0.869. The van der Waals surface area contributed by atoms with Gasteiger partial charge in [0.15, 0.2) is 5.82 Å². The second kappa shape index (κ2) is 6.47. The molecule has 0 N–H and O–H groups in total. The van der Waals surface area contributed by atoms with Crippen molar-refractivity contribution in [1.29, 1.82) is 5.26 Å². The number of benzene rings is 1. The van der Waals surface area contributed by atoms with E-state index in [9.17, 15) is 5.26 Å². The van der Waals surface area contributed by atoms with Gasteiger partial charge in [0, 0.05) is 31.0 Å². The van der Waals surface area contributed by atoms with Crippen molar-refractivity contribution in [3.05, 3.63) is 46.1 Å². The molecule has 2 heterocycles. The van der Waals surface area contributed by atoms with Crippen LogP contribution >= 0.6 is 11.6 Å². The second-order valence-corrected chi connectivity index (χ2v) is 6.10. The number of rotatable bonds is 3. The highest BCUT2D eigenvalue weighted by Crippen LogP contribution is 2.26. The molecule has 22 heavy (non-hydrogen) atoms. The van der Waals surface area contributed by atoms with Crippen molar-refractivity contribution < 1.29 is 4.52 Å². The molecule has 0 amide bonds. The second-order valence-electron chi connectivity index (χ2n) is 5.66. The summed E-state index contributed by atoms with van der Waals surface area (Å²) >= 11 is 5.95. The maximum atomic E-state index is 9.25. The zero-order valence-corrected chi connectivity index (χ0v) is 13.2. The van der Waals surface area contributed by atoms with Gasteiger partial charge in [-0.25, -0.2) is 0 Å². The number of halogens is 1. The Hall–Kier alpha value is -1.90. The van der Waals surface area contributed by atoms with Crippen molar-refractivity contribution >= 4 is 11.6 Å². The van der Waals surface area contributed by atoms with E-state index in [1.54, 1.807) is 6.07 Å². The topological polar surface area (TPSA) is 66.0 Å². The molecule has 1 aromatic heterocycles. The van der Waals surface area contributed by atoms with Gasteiger partial charge in [-0.1, -0.05) is 22.8 Å². The Bertz CT molecular complexity index is 706. The van der Waals surface area contributed by atoms with Gasteiger partial charge in [-0.3, -0.25) is 4.90 Å². The SMILES string of the molecule is Cc1nc(C2CCCN(Cc3ccc(Cl)cc3C#N)C2)no1. The highest BCUT2D eigenvalue weighted by atomic mass is 35.5. The predicted octanol–water partition coefficient (Wildman–Crippen LogP) is 3.28. The number of hydrogen-bond acceptors (Lipinski definition) is 5. The van der Waals surface area contributed by atoms with Gasteiger partial charge in [0.1, 0.15) is 0 Å². The zero-order chi connectivity index (χ0) is 15.5. The van der Waals surface area contributed by atoms with Crippen molar-refractivity contribution in [2.75, 3.05) is 13.1 Å². The fourth-order valence-electron chi connectivity index (χ4n) is 2.92. The number of nitriles is 1. The van der Waals surface area contributed by atoms with E-state index in [4.69, 9.17) is 16.1 Å². The van der Waals surface area contributed by atoms with Gasteiger partial charge in [-0.2, -0.15) is 10.2 Å². The Morgan fingerprint density at radius 2 is 2.36 bits per heavy atom. The van der Waals surface area contributed by atoms with Crippen LogP contribution in [0.3, 0.4) is 0 Å². The van der Waals surface area contributed by atoms with Gasteiger partial charge >= 0.3 is 0 Å². The molecule has 1 aliphatic heterocycles. The molecule has 0 bridgehead atoms. The van der Waals surface area contributed by atoms with Gasteiger partial charge in [0.2, 0.25) is 5.89 Å². The van der Waals surface area contributed by atoms with E-state index in [1.807, 2.05) is 19.1 Å². The van der Waals surface area contributed by atoms with E-state index < -0.39 is 0 Å². The molecule has 0 radical (unpaired) electrons. The lowest BCUT2D eigenvalue weighted by atomic mass is 9.96. The van der Waals surface area contributed by atoms with Gasteiger partial charge in [-0.05, 0) is 37.1 Å². The van der Waals surface area contributed by atoms with Crippen molar-refractivity contribution in [1.82, 2.24) is 15.0 Å². The molecular weight excluding hydrogens is 300 g/mol. The van der Waals surface area contributed by atoms with Crippen LogP contribution in [0, 0.1) is 18.3 Å². The van der Waals surface area contributed by atoms with E-state index in [0.717, 1.165) is 43.9 Å². The lowest BCUT2D eigenvalue weighted by Gasteiger charge is -2.31. The molecule has 0 aliphatic carbocycles. The number of nitrogens with zero attached hydrogens (tertiary/aromatic N) is 4. The normalized spacial score (nSPS) is 19.0. The van der Waals surface area contributed by atoms with Crippen LogP contribution in [-0.4, -0.2) is 28.1 Å². The van der Waals surface area contributed by atoms with Crippen LogP contribution in [0.5, 0.6) is 0 Å². The summed E-state index contributed by atoms with van der Waals surface area (Å²) in [5.41, 5.74) is 1.65. The van der Waals surface area contributed by atoms with Crippen molar-refractivity contribution in [2.45, 2.75) is 32.2 Å². The molecule has 1 aliphatic rings. The summed E-state index contributed by atoms with van der Waals surface area (Å²) in [7, 11) is 0. The summed E-state index contributed by atoms with van der Waals surface area (Å²) in [6, 6.07) is 7.71. The molecule has 0 spiro atoms. The van der Waals surface area contributed by atoms with E-state index in [0.29, 0.717) is 22.4 Å². The van der Waals surface area contributed by atoms with Crippen molar-refractivity contribution in [3.8, 4) is 6.07 Å². The average molecular weight is 317 g/mol. The van der Waals surface area contributed by atoms with Crippen LogP contribution < -0.4 is 0 Å². The lowest BCUT2D eigenvalue weighted by Crippen LogP contribution is -2.34. The molecule has 0 saturated carbocycles. The first-order chi connectivity index (χ1) is 10.7. The van der Waals surface area contributed by atoms with E-state index in [2.05, 4.69) is 21.1 Å². The largest absolute Gasteiger partial charge is 0.340 e. The third-order valence-electron chi connectivity index (χ3n) is 4.00. The minimum Gasteiger partial charge on any atom is -0.340 e. The highest BCUT2D eigenvalue weighted by molar-refractivity contribution is 6.30. The number of aromatic nitrogens is 2. The molecule has 1 aromatic carbocycles. The molecule has 1 atom stereocenters. The zero-order valence-electron chi connectivity index (χ0n) is 12.4. The molecule has 3 rings (SSSR count). The minimum absolute atomic E-state index is 0.295. The summed E-state index contributed by atoms with van der Waals surface area (Å²) in [6.45, 7) is 4.45. The molecular formula is C16H17ClN4O. The number of piperidine rings is 1. The maximum absolute atomic E-state index is 9.25. The first-order valence-corrected chi connectivity index (χ1v) is 7.74. The van der Waals surface area contributed by atoms with Gasteiger partial charge < -0.3 is 4.52 Å². The highest BCUT2D eigenvalue weighted by Gasteiger charge is 2.25. The van der Waals surface area contributed by atoms with E-state index in [-0.39, 0.29) is 0 Å². The Balaban J connectivity index is 1.72. The van der Waals surface area contributed by atoms with Crippen LogP contribution in [-0.2, 0) is 6.54 Å². The van der Waals surface area contributed by atoms with Crippen LogP contribution in [0.15, 0.2) is 22.7 Å². The predicted molar refractivity (Wildman–Crippen MR) is 82.5 cm³/mol. The molecule has 1 saturated heterocycles. The number of hydrogen-bond donors (Lipinski definition) is 0. The summed E-state index contributed by atoms with van der Waals surface area (Å²) in [6.07, 6.45) is 2.16. The fraction of sp³-hybridized carbons (Fsp3) is 0.438. The number of aryl methyl sites for hydroxylation is 1. The summed E-state index contributed by atoms with van der Waals surface area (Å²) in [5.74, 6) is 1.69. The standard InChI is InChI=1S/C16H17ClN4O/c1-11-19-16(20-22-11)13-3-2-6-21(10-13)9-12-4-5-15(17)7-14(12)8-18/h4-5,7,13H,2-3,6,9-10H2,1H3. The smallest absolute Gasteiger partial charge is 0.223 e. The molecule has 1 fully saturated rings. The van der Waals surface area contributed by atoms with Crippen LogP contribution in [0.2, 0.25) is 5.02 Å².